The third-order valence-corrected chi connectivity index (χ3v) is 5.42. The van der Waals surface area contributed by atoms with E-state index in [4.69, 9.17) is 9.47 Å². The van der Waals surface area contributed by atoms with Crippen molar-refractivity contribution < 1.29 is 14.3 Å². The summed E-state index contributed by atoms with van der Waals surface area (Å²) in [6.45, 7) is 4.19. The van der Waals surface area contributed by atoms with Gasteiger partial charge in [-0.3, -0.25) is 0 Å². The van der Waals surface area contributed by atoms with Gasteiger partial charge < -0.3 is 24.6 Å². The summed E-state index contributed by atoms with van der Waals surface area (Å²) in [5, 5.41) is 3.11. The number of piperazine rings is 1. The fourth-order valence-corrected chi connectivity index (χ4v) is 3.98. The fourth-order valence-electron chi connectivity index (χ4n) is 3.98. The van der Waals surface area contributed by atoms with E-state index in [2.05, 4.69) is 21.3 Å². The van der Waals surface area contributed by atoms with Gasteiger partial charge in [-0.15, -0.1) is 0 Å². The SMILES string of the molecule is O=C(Nc1c2c(cc3c1OCC3)OCC2)N1CCN(c2ccccn2)CC1. The Labute approximate surface area is 157 Å². The molecule has 1 N–H and O–H groups in total. The Morgan fingerprint density at radius 1 is 1.07 bits per heavy atom. The van der Waals surface area contributed by atoms with Crippen LogP contribution in [0.15, 0.2) is 30.5 Å². The van der Waals surface area contributed by atoms with E-state index >= 15 is 0 Å². The van der Waals surface area contributed by atoms with Gasteiger partial charge in [-0.1, -0.05) is 6.07 Å². The number of ether oxygens (including phenoxy) is 2. The zero-order valence-corrected chi connectivity index (χ0v) is 15.1. The van der Waals surface area contributed by atoms with Gasteiger partial charge in [-0.05, 0) is 18.2 Å². The van der Waals surface area contributed by atoms with Gasteiger partial charge in [0, 0.05) is 56.3 Å². The van der Waals surface area contributed by atoms with Gasteiger partial charge >= 0.3 is 6.03 Å². The Morgan fingerprint density at radius 2 is 1.93 bits per heavy atom. The third kappa shape index (κ3) is 2.93. The molecule has 0 bridgehead atoms. The molecule has 0 spiro atoms. The molecule has 0 unspecified atom stereocenters. The molecule has 1 saturated heterocycles. The number of urea groups is 1. The van der Waals surface area contributed by atoms with Crippen molar-refractivity contribution in [3.8, 4) is 11.5 Å². The molecule has 0 radical (unpaired) electrons. The number of carbonyl (C=O) groups is 1. The third-order valence-electron chi connectivity index (χ3n) is 5.42. The van der Waals surface area contributed by atoms with Gasteiger partial charge in [-0.2, -0.15) is 0 Å². The zero-order chi connectivity index (χ0) is 18.2. The van der Waals surface area contributed by atoms with E-state index in [1.807, 2.05) is 23.1 Å². The largest absolute Gasteiger partial charge is 0.493 e. The second-order valence-corrected chi connectivity index (χ2v) is 7.01. The van der Waals surface area contributed by atoms with Crippen molar-refractivity contribution in [1.82, 2.24) is 9.88 Å². The molecular weight excluding hydrogens is 344 g/mol. The maximum atomic E-state index is 12.9. The van der Waals surface area contributed by atoms with Crippen molar-refractivity contribution in [2.45, 2.75) is 12.8 Å². The lowest BCUT2D eigenvalue weighted by molar-refractivity contribution is 0.208. The summed E-state index contributed by atoms with van der Waals surface area (Å²) >= 11 is 0. The minimum absolute atomic E-state index is 0.0753. The fraction of sp³-hybridized carbons (Fsp3) is 0.400. The highest BCUT2D eigenvalue weighted by Crippen LogP contribution is 2.44. The quantitative estimate of drug-likeness (QED) is 0.883. The van der Waals surface area contributed by atoms with Gasteiger partial charge in [0.05, 0.1) is 18.9 Å². The van der Waals surface area contributed by atoms with Crippen molar-refractivity contribution >= 4 is 17.5 Å². The number of fused-ring (bicyclic) bond motifs is 2. The molecule has 4 heterocycles. The lowest BCUT2D eigenvalue weighted by Crippen LogP contribution is -2.50. The van der Waals surface area contributed by atoms with Gasteiger partial charge in [-0.25, -0.2) is 9.78 Å². The maximum absolute atomic E-state index is 12.9. The van der Waals surface area contributed by atoms with Crippen LogP contribution in [0.25, 0.3) is 0 Å². The lowest BCUT2D eigenvalue weighted by atomic mass is 10.0. The van der Waals surface area contributed by atoms with E-state index < -0.39 is 0 Å². The molecule has 5 rings (SSSR count). The smallest absolute Gasteiger partial charge is 0.322 e. The number of nitrogens with zero attached hydrogens (tertiary/aromatic N) is 3. The first kappa shape index (κ1) is 16.2. The number of anilines is 2. The summed E-state index contributed by atoms with van der Waals surface area (Å²) in [7, 11) is 0. The average molecular weight is 366 g/mol. The number of aromatic nitrogens is 1. The van der Waals surface area contributed by atoms with Crippen LogP contribution >= 0.6 is 0 Å². The standard InChI is InChI=1S/C20H22N4O3/c25-20(24-9-7-23(8-10-24)17-3-1-2-6-21-17)22-18-15-5-12-26-16(15)13-14-4-11-27-19(14)18/h1-3,6,13H,4-5,7-12H2,(H,22,25). The number of carbonyl (C=O) groups excluding carboxylic acids is 1. The van der Waals surface area contributed by atoms with Crippen LogP contribution in [-0.2, 0) is 12.8 Å². The predicted octanol–water partition coefficient (Wildman–Crippen LogP) is 2.31. The Kier molecular flexibility index (Phi) is 3.99. The minimum Gasteiger partial charge on any atom is -0.493 e. The molecule has 1 fully saturated rings. The second-order valence-electron chi connectivity index (χ2n) is 7.01. The van der Waals surface area contributed by atoms with Gasteiger partial charge in [0.1, 0.15) is 17.3 Å². The zero-order valence-electron chi connectivity index (χ0n) is 15.1. The van der Waals surface area contributed by atoms with Crippen LogP contribution in [-0.4, -0.2) is 55.3 Å². The number of nitrogens with one attached hydrogen (secondary N) is 1. The summed E-state index contributed by atoms with van der Waals surface area (Å²) < 4.78 is 11.5. The summed E-state index contributed by atoms with van der Waals surface area (Å²) in [6, 6.07) is 7.89. The second kappa shape index (κ2) is 6.64. The van der Waals surface area contributed by atoms with Crippen LogP contribution in [0.5, 0.6) is 11.5 Å². The van der Waals surface area contributed by atoms with E-state index in [0.717, 1.165) is 60.1 Å². The molecule has 27 heavy (non-hydrogen) atoms. The highest BCUT2D eigenvalue weighted by atomic mass is 16.5. The monoisotopic (exact) mass is 366 g/mol. The molecule has 2 aromatic rings. The van der Waals surface area contributed by atoms with Crippen molar-refractivity contribution in [3.05, 3.63) is 41.6 Å². The number of amides is 2. The van der Waals surface area contributed by atoms with E-state index in [1.54, 1.807) is 6.20 Å². The molecular formula is C20H22N4O3. The van der Waals surface area contributed by atoms with E-state index in [1.165, 1.54) is 0 Å². The summed E-state index contributed by atoms with van der Waals surface area (Å²) in [4.78, 5) is 21.4. The molecule has 2 amide bonds. The normalized spacial score (nSPS) is 17.8. The Balaban J connectivity index is 1.30. The first-order valence-electron chi connectivity index (χ1n) is 9.46. The molecule has 1 aromatic carbocycles. The minimum atomic E-state index is -0.0753. The lowest BCUT2D eigenvalue weighted by Gasteiger charge is -2.35. The van der Waals surface area contributed by atoms with Crippen molar-refractivity contribution in [3.63, 3.8) is 0 Å². The van der Waals surface area contributed by atoms with Gasteiger partial charge in [0.25, 0.3) is 0 Å². The maximum Gasteiger partial charge on any atom is 0.322 e. The Hall–Kier alpha value is -2.96. The topological polar surface area (TPSA) is 66.9 Å². The van der Waals surface area contributed by atoms with Gasteiger partial charge in [0.15, 0.2) is 0 Å². The van der Waals surface area contributed by atoms with Crippen molar-refractivity contribution in [2.24, 2.45) is 0 Å². The van der Waals surface area contributed by atoms with Crippen LogP contribution < -0.4 is 19.7 Å². The van der Waals surface area contributed by atoms with E-state index in [9.17, 15) is 4.79 Å². The average Bonchev–Trinajstić information content (AvgIpc) is 3.38. The van der Waals surface area contributed by atoms with E-state index in [-0.39, 0.29) is 6.03 Å². The summed E-state index contributed by atoms with van der Waals surface area (Å²) in [5.41, 5.74) is 2.97. The molecule has 0 atom stereocenters. The number of benzene rings is 1. The van der Waals surface area contributed by atoms with Crippen LogP contribution in [0.4, 0.5) is 16.3 Å². The Bertz CT molecular complexity index is 831. The Morgan fingerprint density at radius 3 is 2.74 bits per heavy atom. The molecule has 7 heteroatoms. The number of rotatable bonds is 2. The highest BCUT2D eigenvalue weighted by molar-refractivity contribution is 5.93. The molecule has 140 valence electrons. The number of hydrogen-bond acceptors (Lipinski definition) is 5. The van der Waals surface area contributed by atoms with Crippen molar-refractivity contribution in [1.29, 1.82) is 0 Å². The van der Waals surface area contributed by atoms with E-state index in [0.29, 0.717) is 26.3 Å². The number of hydrogen-bond donors (Lipinski definition) is 1. The van der Waals surface area contributed by atoms with Crippen molar-refractivity contribution in [2.75, 3.05) is 49.6 Å². The first-order valence-corrected chi connectivity index (χ1v) is 9.46. The van der Waals surface area contributed by atoms with Crippen LogP contribution in [0.3, 0.4) is 0 Å². The molecule has 3 aliphatic heterocycles. The number of pyridine rings is 1. The highest BCUT2D eigenvalue weighted by Gasteiger charge is 2.29. The summed E-state index contributed by atoms with van der Waals surface area (Å²) in [5.74, 6) is 2.66. The molecule has 3 aliphatic rings. The molecule has 7 nitrogen and oxygen atoms in total. The van der Waals surface area contributed by atoms with Crippen LogP contribution in [0.2, 0.25) is 0 Å². The van der Waals surface area contributed by atoms with Crippen LogP contribution in [0, 0.1) is 0 Å². The summed E-state index contributed by atoms with van der Waals surface area (Å²) in [6.07, 6.45) is 3.46. The first-order chi connectivity index (χ1) is 13.3. The van der Waals surface area contributed by atoms with Crippen LogP contribution in [0.1, 0.15) is 11.1 Å². The molecule has 0 saturated carbocycles. The molecule has 1 aromatic heterocycles. The molecule has 0 aliphatic carbocycles. The van der Waals surface area contributed by atoms with Gasteiger partial charge in [0.2, 0.25) is 0 Å². The predicted molar refractivity (Wildman–Crippen MR) is 102 cm³/mol.